The average molecular weight is 187 g/mol. The smallest absolute Gasteiger partial charge is 0.220 e. The molecule has 0 aliphatic heterocycles. The number of hydrogen-bond donors (Lipinski definition) is 1. The minimum Gasteiger partial charge on any atom is -0.368 e. The van der Waals surface area contributed by atoms with Gasteiger partial charge in [0.25, 0.3) is 0 Å². The van der Waals surface area contributed by atoms with Crippen LogP contribution >= 0.6 is 0 Å². The molecule has 0 spiro atoms. The molecule has 1 aromatic rings. The van der Waals surface area contributed by atoms with Gasteiger partial charge in [-0.25, -0.2) is 9.98 Å². The molecule has 3 heteroatoms. The van der Waals surface area contributed by atoms with Crippen LogP contribution in [-0.2, 0) is 0 Å². The molecule has 0 bridgehead atoms. The second-order valence-electron chi connectivity index (χ2n) is 2.61. The average Bonchev–Trinajstić information content (AvgIpc) is 2.20. The van der Waals surface area contributed by atoms with E-state index in [2.05, 4.69) is 9.98 Å². The Balaban J connectivity index is 2.69. The van der Waals surface area contributed by atoms with Crippen LogP contribution < -0.4 is 5.73 Å². The summed E-state index contributed by atoms with van der Waals surface area (Å²) < 4.78 is 0. The SMILES string of the molecule is C/C=C\C=NC(N)=Nc1ccccc1. The summed E-state index contributed by atoms with van der Waals surface area (Å²) >= 11 is 0. The van der Waals surface area contributed by atoms with E-state index >= 15 is 0 Å². The van der Waals surface area contributed by atoms with Crippen molar-refractivity contribution in [3.05, 3.63) is 42.5 Å². The Morgan fingerprint density at radius 2 is 2.00 bits per heavy atom. The van der Waals surface area contributed by atoms with Crippen molar-refractivity contribution >= 4 is 17.9 Å². The number of benzene rings is 1. The van der Waals surface area contributed by atoms with Gasteiger partial charge < -0.3 is 5.73 Å². The molecule has 0 fully saturated rings. The molecular formula is C11H13N3. The number of aliphatic imine (C=N–C) groups is 2. The van der Waals surface area contributed by atoms with Gasteiger partial charge in [-0.05, 0) is 25.1 Å². The van der Waals surface area contributed by atoms with Crippen LogP contribution in [0.2, 0.25) is 0 Å². The van der Waals surface area contributed by atoms with Crippen LogP contribution in [0.15, 0.2) is 52.5 Å². The first-order valence-electron chi connectivity index (χ1n) is 4.37. The van der Waals surface area contributed by atoms with Crippen molar-refractivity contribution in [2.24, 2.45) is 15.7 Å². The third-order valence-corrected chi connectivity index (χ3v) is 1.49. The van der Waals surface area contributed by atoms with Crippen LogP contribution in [0.25, 0.3) is 0 Å². The number of hydrogen-bond acceptors (Lipinski definition) is 1. The van der Waals surface area contributed by atoms with Crippen LogP contribution in [0.5, 0.6) is 0 Å². The van der Waals surface area contributed by atoms with Crippen molar-refractivity contribution in [2.75, 3.05) is 0 Å². The fourth-order valence-electron chi connectivity index (χ4n) is 0.869. The lowest BCUT2D eigenvalue weighted by atomic mass is 10.3. The lowest BCUT2D eigenvalue weighted by Crippen LogP contribution is -2.07. The molecule has 0 aliphatic rings. The summed E-state index contributed by atoms with van der Waals surface area (Å²) in [7, 11) is 0. The van der Waals surface area contributed by atoms with Crippen LogP contribution in [0, 0.1) is 0 Å². The van der Waals surface area contributed by atoms with Crippen molar-refractivity contribution < 1.29 is 0 Å². The highest BCUT2D eigenvalue weighted by Gasteiger charge is 1.87. The first-order chi connectivity index (χ1) is 6.83. The summed E-state index contributed by atoms with van der Waals surface area (Å²) in [6.45, 7) is 1.91. The van der Waals surface area contributed by atoms with Gasteiger partial charge in [-0.1, -0.05) is 24.3 Å². The van der Waals surface area contributed by atoms with Crippen molar-refractivity contribution in [1.82, 2.24) is 0 Å². The molecule has 14 heavy (non-hydrogen) atoms. The molecule has 0 unspecified atom stereocenters. The van der Waals surface area contributed by atoms with Gasteiger partial charge in [-0.2, -0.15) is 0 Å². The Morgan fingerprint density at radius 1 is 1.29 bits per heavy atom. The van der Waals surface area contributed by atoms with Gasteiger partial charge in [0.15, 0.2) is 0 Å². The second kappa shape index (κ2) is 5.70. The standard InChI is InChI=1S/C11H13N3/c1-2-3-9-13-11(12)14-10-7-5-4-6-8-10/h2-9H,1H3,(H2,12,14)/b3-2-,13-9?. The summed E-state index contributed by atoms with van der Waals surface area (Å²) in [4.78, 5) is 8.02. The van der Waals surface area contributed by atoms with E-state index in [1.165, 1.54) is 0 Å². The van der Waals surface area contributed by atoms with Gasteiger partial charge in [0.2, 0.25) is 5.96 Å². The molecule has 0 saturated carbocycles. The van der Waals surface area contributed by atoms with Crippen LogP contribution in [0.3, 0.4) is 0 Å². The monoisotopic (exact) mass is 187 g/mol. The maximum Gasteiger partial charge on any atom is 0.220 e. The zero-order chi connectivity index (χ0) is 10.2. The highest BCUT2D eigenvalue weighted by Crippen LogP contribution is 2.08. The molecule has 3 nitrogen and oxygen atoms in total. The molecule has 0 atom stereocenters. The van der Waals surface area contributed by atoms with Gasteiger partial charge in [-0.3, -0.25) is 0 Å². The van der Waals surface area contributed by atoms with Gasteiger partial charge in [-0.15, -0.1) is 0 Å². The Kier molecular flexibility index (Phi) is 4.14. The molecule has 0 amide bonds. The van der Waals surface area contributed by atoms with E-state index in [0.717, 1.165) is 5.69 Å². The van der Waals surface area contributed by atoms with E-state index < -0.39 is 0 Å². The second-order valence-corrected chi connectivity index (χ2v) is 2.61. The zero-order valence-electron chi connectivity index (χ0n) is 8.09. The van der Waals surface area contributed by atoms with Gasteiger partial charge in [0, 0.05) is 6.21 Å². The Hall–Kier alpha value is -1.90. The van der Waals surface area contributed by atoms with E-state index in [4.69, 9.17) is 5.73 Å². The molecule has 0 heterocycles. The van der Waals surface area contributed by atoms with E-state index in [-0.39, 0.29) is 5.96 Å². The van der Waals surface area contributed by atoms with E-state index in [9.17, 15) is 0 Å². The molecule has 0 aromatic heterocycles. The molecule has 1 rings (SSSR count). The van der Waals surface area contributed by atoms with Gasteiger partial charge >= 0.3 is 0 Å². The first kappa shape index (κ1) is 10.2. The molecule has 0 saturated heterocycles. The van der Waals surface area contributed by atoms with Crippen LogP contribution in [-0.4, -0.2) is 12.2 Å². The van der Waals surface area contributed by atoms with E-state index in [1.54, 1.807) is 12.3 Å². The predicted molar refractivity (Wildman–Crippen MR) is 61.0 cm³/mol. The summed E-state index contributed by atoms with van der Waals surface area (Å²) in [6, 6.07) is 9.48. The Labute approximate surface area is 83.7 Å². The van der Waals surface area contributed by atoms with Gasteiger partial charge in [0.1, 0.15) is 0 Å². The molecular weight excluding hydrogens is 174 g/mol. The number of allylic oxidation sites excluding steroid dienone is 2. The molecule has 0 aliphatic carbocycles. The lowest BCUT2D eigenvalue weighted by Gasteiger charge is -1.92. The van der Waals surface area contributed by atoms with E-state index in [1.807, 2.05) is 43.3 Å². The quantitative estimate of drug-likeness (QED) is 0.560. The number of para-hydroxylation sites is 1. The Bertz CT molecular complexity index is 350. The summed E-state index contributed by atoms with van der Waals surface area (Å²) in [5.74, 6) is 0.259. The summed E-state index contributed by atoms with van der Waals surface area (Å²) in [6.07, 6.45) is 5.29. The number of nitrogens with zero attached hydrogens (tertiary/aromatic N) is 2. The highest BCUT2D eigenvalue weighted by atomic mass is 15.0. The van der Waals surface area contributed by atoms with Crippen LogP contribution in [0.4, 0.5) is 5.69 Å². The number of guanidine groups is 1. The molecule has 1 aromatic carbocycles. The molecule has 0 radical (unpaired) electrons. The third-order valence-electron chi connectivity index (χ3n) is 1.49. The van der Waals surface area contributed by atoms with E-state index in [0.29, 0.717) is 0 Å². The van der Waals surface area contributed by atoms with Crippen molar-refractivity contribution in [3.63, 3.8) is 0 Å². The van der Waals surface area contributed by atoms with Crippen molar-refractivity contribution in [3.8, 4) is 0 Å². The minimum atomic E-state index is 0.259. The normalized spacial score (nSPS) is 12.8. The zero-order valence-corrected chi connectivity index (χ0v) is 8.09. The minimum absolute atomic E-state index is 0.259. The number of rotatable bonds is 2. The Morgan fingerprint density at radius 3 is 2.64 bits per heavy atom. The largest absolute Gasteiger partial charge is 0.368 e. The molecule has 72 valence electrons. The van der Waals surface area contributed by atoms with Crippen LogP contribution in [0.1, 0.15) is 6.92 Å². The van der Waals surface area contributed by atoms with Crippen molar-refractivity contribution in [2.45, 2.75) is 6.92 Å². The van der Waals surface area contributed by atoms with Crippen molar-refractivity contribution in [1.29, 1.82) is 0 Å². The fraction of sp³-hybridized carbons (Fsp3) is 0.0909. The number of nitrogens with two attached hydrogens (primary N) is 1. The first-order valence-corrected chi connectivity index (χ1v) is 4.37. The topological polar surface area (TPSA) is 50.7 Å². The lowest BCUT2D eigenvalue weighted by molar-refractivity contribution is 1.42. The fourth-order valence-corrected chi connectivity index (χ4v) is 0.869. The highest BCUT2D eigenvalue weighted by molar-refractivity contribution is 5.91. The molecule has 2 N–H and O–H groups in total. The van der Waals surface area contributed by atoms with Gasteiger partial charge in [0.05, 0.1) is 5.69 Å². The summed E-state index contributed by atoms with van der Waals surface area (Å²) in [5, 5.41) is 0. The maximum atomic E-state index is 5.56. The summed E-state index contributed by atoms with van der Waals surface area (Å²) in [5.41, 5.74) is 6.37. The predicted octanol–water partition coefficient (Wildman–Crippen LogP) is 2.28. The maximum absolute atomic E-state index is 5.56. The third kappa shape index (κ3) is 3.67.